The SMILES string of the molecule is O=S(=O)(O)c1cc2c(S(=O)(=O)O)ccc3c(S(=O)(=O)O)cc4c(O)ccc1c4c32.[Na]. The molecule has 0 unspecified atom stereocenters. The number of hydrogen-bond donors (Lipinski definition) is 4. The maximum Gasteiger partial charge on any atom is 0.295 e. The fraction of sp³-hybridized carbons (Fsp3) is 0. The minimum Gasteiger partial charge on any atom is -0.507 e. The van der Waals surface area contributed by atoms with Gasteiger partial charge in [0.25, 0.3) is 30.4 Å². The van der Waals surface area contributed by atoms with E-state index in [1.54, 1.807) is 0 Å². The number of benzene rings is 4. The molecule has 4 aromatic rings. The predicted octanol–water partition coefficient (Wildman–Crippen LogP) is 1.65. The molecule has 0 heterocycles. The molecule has 14 heteroatoms. The van der Waals surface area contributed by atoms with Gasteiger partial charge in [0.05, 0.1) is 0 Å². The van der Waals surface area contributed by atoms with Gasteiger partial charge in [-0.25, -0.2) is 0 Å². The second-order valence-electron chi connectivity index (χ2n) is 6.26. The smallest absolute Gasteiger partial charge is 0.295 e. The van der Waals surface area contributed by atoms with Crippen LogP contribution in [0.4, 0.5) is 0 Å². The number of hydrogen-bond acceptors (Lipinski definition) is 7. The Morgan fingerprint density at radius 3 is 1.40 bits per heavy atom. The second-order valence-corrected chi connectivity index (χ2v) is 10.4. The molecule has 0 bridgehead atoms. The Bertz CT molecular complexity index is 1670. The molecule has 0 amide bonds. The minimum absolute atomic E-state index is 0. The van der Waals surface area contributed by atoms with Gasteiger partial charge in [-0.15, -0.1) is 0 Å². The monoisotopic (exact) mass is 481 g/mol. The second kappa shape index (κ2) is 6.98. The van der Waals surface area contributed by atoms with Gasteiger partial charge < -0.3 is 5.11 Å². The third-order valence-electron chi connectivity index (χ3n) is 4.59. The van der Waals surface area contributed by atoms with Crippen molar-refractivity contribution in [1.29, 1.82) is 0 Å². The Balaban J connectivity index is 0.00000256. The number of rotatable bonds is 3. The van der Waals surface area contributed by atoms with Crippen molar-refractivity contribution in [2.24, 2.45) is 0 Å². The fourth-order valence-electron chi connectivity index (χ4n) is 3.52. The van der Waals surface area contributed by atoms with Crippen LogP contribution in [0, 0.1) is 0 Å². The molecular weight excluding hydrogens is 471 g/mol. The average Bonchev–Trinajstić information content (AvgIpc) is 2.57. The molecule has 10 nitrogen and oxygen atoms in total. The third kappa shape index (κ3) is 3.45. The Morgan fingerprint density at radius 1 is 0.533 bits per heavy atom. The van der Waals surface area contributed by atoms with E-state index >= 15 is 0 Å². The molecule has 0 saturated carbocycles. The van der Waals surface area contributed by atoms with Crippen molar-refractivity contribution in [3.63, 3.8) is 0 Å². The van der Waals surface area contributed by atoms with Crippen LogP contribution in [0.5, 0.6) is 5.75 Å². The molecule has 0 fully saturated rings. The van der Waals surface area contributed by atoms with Crippen LogP contribution in [0.15, 0.2) is 51.1 Å². The van der Waals surface area contributed by atoms with Crippen molar-refractivity contribution in [3.8, 4) is 5.75 Å². The molecule has 0 spiro atoms. The van der Waals surface area contributed by atoms with E-state index in [1.807, 2.05) is 0 Å². The normalized spacial score (nSPS) is 13.2. The fourth-order valence-corrected chi connectivity index (χ4v) is 5.63. The number of aromatic hydroxyl groups is 1. The maximum absolute atomic E-state index is 11.9. The maximum atomic E-state index is 11.9. The van der Waals surface area contributed by atoms with E-state index in [9.17, 15) is 44.0 Å². The topological polar surface area (TPSA) is 183 Å². The first-order valence-corrected chi connectivity index (χ1v) is 11.9. The molecule has 4 N–H and O–H groups in total. The van der Waals surface area contributed by atoms with E-state index in [4.69, 9.17) is 0 Å². The molecule has 0 saturated heterocycles. The van der Waals surface area contributed by atoms with Crippen molar-refractivity contribution >= 4 is 92.2 Å². The number of phenolic OH excluding ortho intramolecular Hbond substituents is 1. The van der Waals surface area contributed by atoms with Gasteiger partial charge in [0.15, 0.2) is 0 Å². The summed E-state index contributed by atoms with van der Waals surface area (Å²) in [6.45, 7) is 0. The van der Waals surface area contributed by atoms with Crippen LogP contribution < -0.4 is 0 Å². The zero-order valence-corrected chi connectivity index (χ0v) is 19.4. The third-order valence-corrected chi connectivity index (χ3v) is 7.29. The van der Waals surface area contributed by atoms with Gasteiger partial charge >= 0.3 is 0 Å². The molecule has 4 rings (SSSR count). The van der Waals surface area contributed by atoms with Gasteiger partial charge in [0.1, 0.15) is 20.4 Å². The van der Waals surface area contributed by atoms with Crippen molar-refractivity contribution in [2.75, 3.05) is 0 Å². The van der Waals surface area contributed by atoms with Gasteiger partial charge in [-0.05, 0) is 30.3 Å². The van der Waals surface area contributed by atoms with Gasteiger partial charge in [-0.1, -0.05) is 6.07 Å². The summed E-state index contributed by atoms with van der Waals surface area (Å²) in [6.07, 6.45) is 0. The molecule has 1 radical (unpaired) electrons. The van der Waals surface area contributed by atoms with Crippen LogP contribution in [0.1, 0.15) is 0 Å². The summed E-state index contributed by atoms with van der Waals surface area (Å²) in [5.41, 5.74) is 0. The van der Waals surface area contributed by atoms with Crippen LogP contribution >= 0.6 is 0 Å². The van der Waals surface area contributed by atoms with Crippen LogP contribution in [0.2, 0.25) is 0 Å². The summed E-state index contributed by atoms with van der Waals surface area (Å²) in [6, 6.07) is 5.72. The van der Waals surface area contributed by atoms with Gasteiger partial charge in [-0.2, -0.15) is 25.3 Å². The summed E-state index contributed by atoms with van der Waals surface area (Å²) >= 11 is 0. The molecule has 4 aromatic carbocycles. The van der Waals surface area contributed by atoms with Crippen molar-refractivity contribution in [2.45, 2.75) is 14.7 Å². The quantitative estimate of drug-likeness (QED) is 0.191. The summed E-state index contributed by atoms with van der Waals surface area (Å²) < 4.78 is 99.9. The van der Waals surface area contributed by atoms with E-state index < -0.39 is 56.2 Å². The summed E-state index contributed by atoms with van der Waals surface area (Å²) in [7, 11) is -14.6. The van der Waals surface area contributed by atoms with Crippen molar-refractivity contribution in [1.82, 2.24) is 0 Å². The number of phenols is 1. The van der Waals surface area contributed by atoms with E-state index in [0.717, 1.165) is 36.4 Å². The molecular formula is C16H10NaO10S3. The standard InChI is InChI=1S/C16H10O10S3.Na/c17-11-3-1-7-14(29(24,25)26)6-10-12(27(18,19)20)4-2-8-13(28(21,22)23)5-9(11)15(7)16(8)10;/h1-6,17H,(H,18,19,20)(H,21,22,23)(H,24,25,26);. The van der Waals surface area contributed by atoms with Crippen LogP contribution in [-0.2, 0) is 30.4 Å². The van der Waals surface area contributed by atoms with Gasteiger partial charge in [0.2, 0.25) is 0 Å². The molecule has 0 aromatic heterocycles. The molecule has 0 aliphatic heterocycles. The van der Waals surface area contributed by atoms with Crippen LogP contribution in [-0.4, -0.2) is 73.6 Å². The molecule has 0 aliphatic carbocycles. The zero-order valence-electron chi connectivity index (χ0n) is 14.9. The van der Waals surface area contributed by atoms with E-state index in [0.29, 0.717) is 0 Å². The molecule has 0 aliphatic rings. The summed E-state index contributed by atoms with van der Waals surface area (Å²) in [5, 5.41) is 9.02. The van der Waals surface area contributed by atoms with E-state index in [1.165, 1.54) is 0 Å². The Hall–Kier alpha value is -1.55. The Kier molecular flexibility index (Phi) is 5.38. The first-order chi connectivity index (χ1) is 13.2. The predicted molar refractivity (Wildman–Crippen MR) is 107 cm³/mol. The largest absolute Gasteiger partial charge is 0.507 e. The molecule has 0 atom stereocenters. The van der Waals surface area contributed by atoms with E-state index in [-0.39, 0.29) is 56.5 Å². The summed E-state index contributed by atoms with van der Waals surface area (Å²) in [5.74, 6) is -0.490. The van der Waals surface area contributed by atoms with Gasteiger partial charge in [-0.3, -0.25) is 13.7 Å². The first kappa shape index (κ1) is 23.1. The Labute approximate surface area is 192 Å². The van der Waals surface area contributed by atoms with E-state index in [2.05, 4.69) is 0 Å². The van der Waals surface area contributed by atoms with Crippen molar-refractivity contribution in [3.05, 3.63) is 36.4 Å². The van der Waals surface area contributed by atoms with Crippen LogP contribution in [0.3, 0.4) is 0 Å². The minimum atomic E-state index is -4.90. The average molecular weight is 481 g/mol. The molecule has 30 heavy (non-hydrogen) atoms. The van der Waals surface area contributed by atoms with Crippen LogP contribution in [0.25, 0.3) is 32.3 Å². The zero-order chi connectivity index (χ0) is 21.5. The Morgan fingerprint density at radius 2 is 0.933 bits per heavy atom. The molecule has 153 valence electrons. The van der Waals surface area contributed by atoms with Gasteiger partial charge in [0, 0.05) is 61.9 Å². The first-order valence-electron chi connectivity index (χ1n) is 7.61. The van der Waals surface area contributed by atoms with Crippen molar-refractivity contribution < 1.29 is 44.0 Å². The summed E-state index contributed by atoms with van der Waals surface area (Å²) in [4.78, 5) is -2.14.